The normalized spacial score (nSPS) is 14.3. The van der Waals surface area contributed by atoms with Gasteiger partial charge in [-0.25, -0.2) is 4.98 Å². The molecule has 0 saturated carbocycles. The molecule has 0 saturated heterocycles. The van der Waals surface area contributed by atoms with Crippen molar-refractivity contribution >= 4 is 33.2 Å². The van der Waals surface area contributed by atoms with Gasteiger partial charge in [0, 0.05) is 4.88 Å². The molecule has 5 heteroatoms. The predicted molar refractivity (Wildman–Crippen MR) is 91.6 cm³/mol. The fraction of sp³-hybridized carbons (Fsp3) is 0.294. The minimum atomic E-state index is 0.00926. The van der Waals surface area contributed by atoms with E-state index in [1.165, 1.54) is 16.9 Å². The Labute approximate surface area is 137 Å². The van der Waals surface area contributed by atoms with Gasteiger partial charge >= 0.3 is 0 Å². The number of aromatic nitrogens is 2. The second-order valence-electron chi connectivity index (χ2n) is 5.64. The van der Waals surface area contributed by atoms with E-state index < -0.39 is 0 Å². The van der Waals surface area contributed by atoms with Gasteiger partial charge in [0.05, 0.1) is 16.1 Å². The van der Waals surface area contributed by atoms with Crippen LogP contribution in [0.2, 0.25) is 5.02 Å². The van der Waals surface area contributed by atoms with Gasteiger partial charge in [-0.3, -0.25) is 9.36 Å². The van der Waals surface area contributed by atoms with E-state index in [1.54, 1.807) is 22.0 Å². The third-order valence-corrected chi connectivity index (χ3v) is 5.76. The van der Waals surface area contributed by atoms with Crippen molar-refractivity contribution in [1.29, 1.82) is 0 Å². The molecule has 0 spiro atoms. The van der Waals surface area contributed by atoms with Gasteiger partial charge in [-0.1, -0.05) is 23.7 Å². The first-order valence-corrected chi connectivity index (χ1v) is 8.65. The Hall–Kier alpha value is -1.65. The molecule has 1 aliphatic carbocycles. The molecule has 0 fully saturated rings. The molecule has 0 N–H and O–H groups in total. The van der Waals surface area contributed by atoms with Gasteiger partial charge in [-0.15, -0.1) is 11.3 Å². The average Bonchev–Trinajstić information content (AvgIpc) is 2.87. The summed E-state index contributed by atoms with van der Waals surface area (Å²) in [4.78, 5) is 20.0. The highest BCUT2D eigenvalue weighted by molar-refractivity contribution is 7.18. The molecule has 1 aromatic carbocycles. The number of para-hydroxylation sites is 1. The summed E-state index contributed by atoms with van der Waals surface area (Å²) in [5.41, 5.74) is 1.93. The highest BCUT2D eigenvalue weighted by Gasteiger charge is 2.22. The van der Waals surface area contributed by atoms with E-state index in [0.29, 0.717) is 16.5 Å². The van der Waals surface area contributed by atoms with E-state index in [9.17, 15) is 4.79 Å². The van der Waals surface area contributed by atoms with Gasteiger partial charge < -0.3 is 0 Å². The molecule has 0 atom stereocenters. The molecule has 22 heavy (non-hydrogen) atoms. The lowest BCUT2D eigenvalue weighted by molar-refractivity contribution is 0.699. The first-order chi connectivity index (χ1) is 10.7. The van der Waals surface area contributed by atoms with Crippen LogP contribution in [0.5, 0.6) is 0 Å². The SMILES string of the molecule is Cc1nc2sc3c(c2c(=O)n1-c1ccccc1Cl)CCCC3. The van der Waals surface area contributed by atoms with Crippen LogP contribution in [-0.4, -0.2) is 9.55 Å². The molecular weight excluding hydrogens is 316 g/mol. The van der Waals surface area contributed by atoms with E-state index in [0.717, 1.165) is 29.5 Å². The number of hydrogen-bond acceptors (Lipinski definition) is 3. The molecule has 2 aromatic heterocycles. The van der Waals surface area contributed by atoms with E-state index in [2.05, 4.69) is 4.98 Å². The molecule has 0 radical (unpaired) electrons. The van der Waals surface area contributed by atoms with Crippen LogP contribution in [0, 0.1) is 6.92 Å². The quantitative estimate of drug-likeness (QED) is 0.667. The maximum atomic E-state index is 13.1. The van der Waals surface area contributed by atoms with Crippen molar-refractivity contribution in [2.75, 3.05) is 0 Å². The molecular formula is C17H15ClN2OS. The molecule has 0 bridgehead atoms. The van der Waals surface area contributed by atoms with Crippen LogP contribution in [0.15, 0.2) is 29.1 Å². The molecule has 0 amide bonds. The number of hydrogen-bond donors (Lipinski definition) is 0. The van der Waals surface area contributed by atoms with Crippen LogP contribution in [0.3, 0.4) is 0 Å². The smallest absolute Gasteiger partial charge is 0.267 e. The van der Waals surface area contributed by atoms with Crippen molar-refractivity contribution in [3.8, 4) is 5.69 Å². The Balaban J connectivity index is 2.08. The first-order valence-electron chi connectivity index (χ1n) is 7.45. The second-order valence-corrected chi connectivity index (χ2v) is 7.13. The Morgan fingerprint density at radius 3 is 2.82 bits per heavy atom. The van der Waals surface area contributed by atoms with Crippen LogP contribution in [0.4, 0.5) is 0 Å². The molecule has 0 unspecified atom stereocenters. The largest absolute Gasteiger partial charge is 0.268 e. The minimum Gasteiger partial charge on any atom is -0.268 e. The standard InChI is InChI=1S/C17H15ClN2OS/c1-10-19-16-15(11-6-2-5-9-14(11)22-16)17(21)20(10)13-8-4-3-7-12(13)18/h3-4,7-8H,2,5-6,9H2,1H3. The van der Waals surface area contributed by atoms with Crippen molar-refractivity contribution in [3.05, 3.63) is 55.9 Å². The lowest BCUT2D eigenvalue weighted by Crippen LogP contribution is -2.23. The Kier molecular flexibility index (Phi) is 3.31. The minimum absolute atomic E-state index is 0.00926. The summed E-state index contributed by atoms with van der Waals surface area (Å²) >= 11 is 7.97. The topological polar surface area (TPSA) is 34.9 Å². The van der Waals surface area contributed by atoms with Crippen molar-refractivity contribution in [1.82, 2.24) is 9.55 Å². The zero-order valence-corrected chi connectivity index (χ0v) is 13.8. The van der Waals surface area contributed by atoms with Gasteiger partial charge in [0.15, 0.2) is 0 Å². The lowest BCUT2D eigenvalue weighted by Gasteiger charge is -2.13. The fourth-order valence-electron chi connectivity index (χ4n) is 3.22. The second kappa shape index (κ2) is 5.21. The van der Waals surface area contributed by atoms with Gasteiger partial charge in [-0.2, -0.15) is 0 Å². The monoisotopic (exact) mass is 330 g/mol. The van der Waals surface area contributed by atoms with Crippen LogP contribution in [-0.2, 0) is 12.8 Å². The molecule has 3 aromatic rings. The van der Waals surface area contributed by atoms with Crippen molar-refractivity contribution in [2.24, 2.45) is 0 Å². The van der Waals surface area contributed by atoms with Crippen LogP contribution < -0.4 is 5.56 Å². The lowest BCUT2D eigenvalue weighted by atomic mass is 9.97. The third-order valence-electron chi connectivity index (χ3n) is 4.25. The average molecular weight is 331 g/mol. The Morgan fingerprint density at radius 1 is 1.23 bits per heavy atom. The summed E-state index contributed by atoms with van der Waals surface area (Å²) in [7, 11) is 0. The highest BCUT2D eigenvalue weighted by atomic mass is 35.5. The molecule has 112 valence electrons. The van der Waals surface area contributed by atoms with Gasteiger partial charge in [0.2, 0.25) is 0 Å². The van der Waals surface area contributed by atoms with Crippen LogP contribution in [0.1, 0.15) is 29.1 Å². The Bertz CT molecular complexity index is 942. The summed E-state index contributed by atoms with van der Waals surface area (Å²) in [6.45, 7) is 1.86. The summed E-state index contributed by atoms with van der Waals surface area (Å²) in [5, 5.41) is 1.36. The number of aryl methyl sites for hydroxylation is 3. The molecule has 1 aliphatic rings. The molecule has 3 nitrogen and oxygen atoms in total. The summed E-state index contributed by atoms with van der Waals surface area (Å²) < 4.78 is 1.65. The van der Waals surface area contributed by atoms with E-state index in [4.69, 9.17) is 11.6 Å². The molecule has 0 aliphatic heterocycles. The zero-order valence-electron chi connectivity index (χ0n) is 12.2. The summed E-state index contributed by atoms with van der Waals surface area (Å²) in [5.74, 6) is 0.684. The first kappa shape index (κ1) is 14.0. The summed E-state index contributed by atoms with van der Waals surface area (Å²) in [6, 6.07) is 7.42. The Morgan fingerprint density at radius 2 is 2.00 bits per heavy atom. The number of nitrogens with zero attached hydrogens (tertiary/aromatic N) is 2. The van der Waals surface area contributed by atoms with Crippen molar-refractivity contribution in [3.63, 3.8) is 0 Å². The number of benzene rings is 1. The van der Waals surface area contributed by atoms with Crippen molar-refractivity contribution < 1.29 is 0 Å². The number of thiophene rings is 1. The van der Waals surface area contributed by atoms with Crippen LogP contribution in [0.25, 0.3) is 15.9 Å². The maximum Gasteiger partial charge on any atom is 0.267 e. The molecule has 4 rings (SSSR count). The number of halogens is 1. The van der Waals surface area contributed by atoms with E-state index in [-0.39, 0.29) is 5.56 Å². The third kappa shape index (κ3) is 2.02. The maximum absolute atomic E-state index is 13.1. The van der Waals surface area contributed by atoms with Gasteiger partial charge in [0.1, 0.15) is 10.7 Å². The van der Waals surface area contributed by atoms with Crippen LogP contribution >= 0.6 is 22.9 Å². The van der Waals surface area contributed by atoms with Gasteiger partial charge in [0.25, 0.3) is 5.56 Å². The summed E-state index contributed by atoms with van der Waals surface area (Å²) in [6.07, 6.45) is 4.41. The predicted octanol–water partition coefficient (Wildman–Crippen LogP) is 4.29. The molecule has 2 heterocycles. The van der Waals surface area contributed by atoms with E-state index >= 15 is 0 Å². The van der Waals surface area contributed by atoms with E-state index in [1.807, 2.05) is 25.1 Å². The fourth-order valence-corrected chi connectivity index (χ4v) is 4.74. The number of fused-ring (bicyclic) bond motifs is 3. The highest BCUT2D eigenvalue weighted by Crippen LogP contribution is 2.34. The number of rotatable bonds is 1. The van der Waals surface area contributed by atoms with Crippen molar-refractivity contribution in [2.45, 2.75) is 32.6 Å². The zero-order chi connectivity index (χ0) is 15.3. The van der Waals surface area contributed by atoms with Gasteiger partial charge in [-0.05, 0) is 50.3 Å².